The van der Waals surface area contributed by atoms with Crippen molar-refractivity contribution in [1.82, 2.24) is 4.90 Å². The van der Waals surface area contributed by atoms with Crippen molar-refractivity contribution in [2.24, 2.45) is 0 Å². The number of rotatable bonds is 4. The highest BCUT2D eigenvalue weighted by atomic mass is 19.1. The van der Waals surface area contributed by atoms with Crippen LogP contribution in [0.25, 0.3) is 0 Å². The largest absolute Gasteiger partial charge is 0.493 e. The number of piperidine rings is 1. The smallest absolute Gasteiger partial charge is 0.165 e. The molecule has 2 aliphatic rings. The zero-order valence-electron chi connectivity index (χ0n) is 13.7. The molecule has 4 heteroatoms. The number of fused-ring (bicyclic) bond motifs is 1. The summed E-state index contributed by atoms with van der Waals surface area (Å²) in [6.45, 7) is 3.75. The van der Waals surface area contributed by atoms with Gasteiger partial charge in [0.05, 0.1) is 6.61 Å². The van der Waals surface area contributed by atoms with E-state index >= 15 is 0 Å². The van der Waals surface area contributed by atoms with E-state index in [1.165, 1.54) is 11.6 Å². The Labute approximate surface area is 142 Å². The van der Waals surface area contributed by atoms with E-state index in [4.69, 9.17) is 9.47 Å². The van der Waals surface area contributed by atoms with E-state index in [0.29, 0.717) is 11.7 Å². The second-order valence-electron chi connectivity index (χ2n) is 6.59. The van der Waals surface area contributed by atoms with Gasteiger partial charge in [0.25, 0.3) is 0 Å². The molecule has 2 aliphatic heterocycles. The van der Waals surface area contributed by atoms with Crippen LogP contribution in [-0.4, -0.2) is 37.2 Å². The fraction of sp³-hybridized carbons (Fsp3) is 0.400. The third-order valence-corrected chi connectivity index (χ3v) is 4.94. The number of para-hydroxylation sites is 2. The molecular formula is C20H22FNO2. The van der Waals surface area contributed by atoms with Crippen LogP contribution in [0.4, 0.5) is 4.39 Å². The molecule has 0 N–H and O–H groups in total. The lowest BCUT2D eigenvalue weighted by Gasteiger charge is -2.33. The standard InChI is InChI=1S/C20H22FNO2/c21-18-6-2-4-8-20(18)24-16-9-11-22(12-10-16)13-15-14-23-19-7-3-1-5-17(15)19/h1-8,15-16H,9-14H2. The van der Waals surface area contributed by atoms with Gasteiger partial charge in [-0.3, -0.25) is 0 Å². The lowest BCUT2D eigenvalue weighted by molar-refractivity contribution is 0.0921. The maximum absolute atomic E-state index is 13.7. The molecule has 0 radical (unpaired) electrons. The molecule has 1 atom stereocenters. The van der Waals surface area contributed by atoms with Crippen molar-refractivity contribution in [3.05, 3.63) is 59.9 Å². The summed E-state index contributed by atoms with van der Waals surface area (Å²) >= 11 is 0. The molecule has 126 valence electrons. The highest BCUT2D eigenvalue weighted by Crippen LogP contribution is 2.34. The van der Waals surface area contributed by atoms with Crippen molar-refractivity contribution in [2.45, 2.75) is 24.9 Å². The van der Waals surface area contributed by atoms with Crippen molar-refractivity contribution in [3.8, 4) is 11.5 Å². The number of hydrogen-bond donors (Lipinski definition) is 0. The topological polar surface area (TPSA) is 21.7 Å². The number of halogens is 1. The maximum Gasteiger partial charge on any atom is 0.165 e. The molecule has 0 bridgehead atoms. The summed E-state index contributed by atoms with van der Waals surface area (Å²) in [7, 11) is 0. The van der Waals surface area contributed by atoms with E-state index in [0.717, 1.165) is 44.8 Å². The Hall–Kier alpha value is -2.07. The first kappa shape index (κ1) is 15.5. The number of ether oxygens (including phenoxy) is 2. The van der Waals surface area contributed by atoms with E-state index in [2.05, 4.69) is 17.0 Å². The van der Waals surface area contributed by atoms with Crippen LogP contribution >= 0.6 is 0 Å². The van der Waals surface area contributed by atoms with Gasteiger partial charge in [0.15, 0.2) is 11.6 Å². The SMILES string of the molecule is Fc1ccccc1OC1CCN(CC2COc3ccccc32)CC1. The van der Waals surface area contributed by atoms with E-state index in [1.54, 1.807) is 12.1 Å². The summed E-state index contributed by atoms with van der Waals surface area (Å²) in [6.07, 6.45) is 1.97. The third kappa shape index (κ3) is 3.24. The van der Waals surface area contributed by atoms with Crippen LogP contribution in [0.1, 0.15) is 24.3 Å². The first-order chi connectivity index (χ1) is 11.8. The monoisotopic (exact) mass is 327 g/mol. The van der Waals surface area contributed by atoms with Crippen LogP contribution in [0.2, 0.25) is 0 Å². The summed E-state index contributed by atoms with van der Waals surface area (Å²) < 4.78 is 25.3. The minimum absolute atomic E-state index is 0.102. The molecule has 1 saturated heterocycles. The molecule has 2 heterocycles. The second kappa shape index (κ2) is 6.81. The molecule has 2 aromatic carbocycles. The Kier molecular flexibility index (Phi) is 4.39. The van der Waals surface area contributed by atoms with Gasteiger partial charge in [-0.1, -0.05) is 30.3 Å². The van der Waals surface area contributed by atoms with Gasteiger partial charge in [0.2, 0.25) is 0 Å². The molecule has 0 aliphatic carbocycles. The Bertz CT molecular complexity index is 698. The van der Waals surface area contributed by atoms with E-state index in [1.807, 2.05) is 18.2 Å². The van der Waals surface area contributed by atoms with Crippen LogP contribution in [0, 0.1) is 5.82 Å². The lowest BCUT2D eigenvalue weighted by Crippen LogP contribution is -2.40. The van der Waals surface area contributed by atoms with Gasteiger partial charge in [0, 0.05) is 31.1 Å². The molecule has 2 aromatic rings. The van der Waals surface area contributed by atoms with Gasteiger partial charge in [0.1, 0.15) is 11.9 Å². The van der Waals surface area contributed by atoms with Crippen molar-refractivity contribution < 1.29 is 13.9 Å². The highest BCUT2D eigenvalue weighted by molar-refractivity contribution is 5.39. The molecule has 4 rings (SSSR count). The summed E-state index contributed by atoms with van der Waals surface area (Å²) in [5.41, 5.74) is 1.32. The van der Waals surface area contributed by atoms with Gasteiger partial charge < -0.3 is 14.4 Å². The maximum atomic E-state index is 13.7. The van der Waals surface area contributed by atoms with Crippen molar-refractivity contribution in [2.75, 3.05) is 26.2 Å². The minimum Gasteiger partial charge on any atom is -0.493 e. The van der Waals surface area contributed by atoms with Crippen LogP contribution in [0.3, 0.4) is 0 Å². The molecule has 0 aromatic heterocycles. The summed E-state index contributed by atoms with van der Waals surface area (Å²) in [5.74, 6) is 1.57. The Morgan fingerprint density at radius 1 is 1.04 bits per heavy atom. The number of nitrogens with zero attached hydrogens (tertiary/aromatic N) is 1. The average Bonchev–Trinajstić information content (AvgIpc) is 3.02. The van der Waals surface area contributed by atoms with Gasteiger partial charge in [-0.05, 0) is 31.0 Å². The van der Waals surface area contributed by atoms with Crippen LogP contribution in [-0.2, 0) is 0 Å². The predicted molar refractivity (Wildman–Crippen MR) is 91.2 cm³/mol. The summed E-state index contributed by atoms with van der Waals surface area (Å²) in [5, 5.41) is 0. The van der Waals surface area contributed by atoms with Gasteiger partial charge >= 0.3 is 0 Å². The van der Waals surface area contributed by atoms with Gasteiger partial charge in [-0.15, -0.1) is 0 Å². The molecule has 0 spiro atoms. The van der Waals surface area contributed by atoms with Crippen LogP contribution in [0.15, 0.2) is 48.5 Å². The van der Waals surface area contributed by atoms with Crippen LogP contribution in [0.5, 0.6) is 11.5 Å². The van der Waals surface area contributed by atoms with Crippen molar-refractivity contribution >= 4 is 0 Å². The Balaban J connectivity index is 1.30. The van der Waals surface area contributed by atoms with Gasteiger partial charge in [-0.2, -0.15) is 0 Å². The van der Waals surface area contributed by atoms with Crippen LogP contribution < -0.4 is 9.47 Å². The predicted octanol–water partition coefficient (Wildman–Crippen LogP) is 3.85. The number of hydrogen-bond acceptors (Lipinski definition) is 3. The van der Waals surface area contributed by atoms with Crippen molar-refractivity contribution in [1.29, 1.82) is 0 Å². The van der Waals surface area contributed by atoms with E-state index in [9.17, 15) is 4.39 Å². The quantitative estimate of drug-likeness (QED) is 0.851. The highest BCUT2D eigenvalue weighted by Gasteiger charge is 2.28. The molecule has 1 fully saturated rings. The summed E-state index contributed by atoms with van der Waals surface area (Å²) in [6, 6.07) is 15.0. The van der Waals surface area contributed by atoms with E-state index < -0.39 is 0 Å². The molecule has 24 heavy (non-hydrogen) atoms. The van der Waals surface area contributed by atoms with E-state index in [-0.39, 0.29) is 11.9 Å². The first-order valence-electron chi connectivity index (χ1n) is 8.65. The normalized spacial score (nSPS) is 21.3. The number of likely N-dealkylation sites (tertiary alicyclic amines) is 1. The molecule has 0 amide bonds. The zero-order valence-corrected chi connectivity index (χ0v) is 13.7. The zero-order chi connectivity index (χ0) is 16.4. The third-order valence-electron chi connectivity index (χ3n) is 4.94. The Morgan fingerprint density at radius 3 is 2.62 bits per heavy atom. The molecule has 3 nitrogen and oxygen atoms in total. The van der Waals surface area contributed by atoms with Crippen molar-refractivity contribution in [3.63, 3.8) is 0 Å². The minimum atomic E-state index is -0.278. The molecule has 1 unspecified atom stereocenters. The fourth-order valence-electron chi connectivity index (χ4n) is 3.62. The fourth-order valence-corrected chi connectivity index (χ4v) is 3.62. The Morgan fingerprint density at radius 2 is 1.79 bits per heavy atom. The van der Waals surface area contributed by atoms with Gasteiger partial charge in [-0.25, -0.2) is 4.39 Å². The summed E-state index contributed by atoms with van der Waals surface area (Å²) in [4.78, 5) is 2.47. The average molecular weight is 327 g/mol. The molecular weight excluding hydrogens is 305 g/mol. The number of benzene rings is 2. The second-order valence-corrected chi connectivity index (χ2v) is 6.59. The molecule has 0 saturated carbocycles. The lowest BCUT2D eigenvalue weighted by atomic mass is 9.99. The first-order valence-corrected chi connectivity index (χ1v) is 8.65.